The number of aromatic nitrogens is 4. The predicted molar refractivity (Wildman–Crippen MR) is 121 cm³/mol. The second kappa shape index (κ2) is 7.52. The minimum Gasteiger partial charge on any atom is -0.373 e. The van der Waals surface area contributed by atoms with Crippen LogP contribution >= 0.6 is 0 Å². The lowest BCUT2D eigenvalue weighted by molar-refractivity contribution is -0.120. The highest BCUT2D eigenvalue weighted by Crippen LogP contribution is 2.47. The number of imidazole rings is 1. The number of halogens is 2. The van der Waals surface area contributed by atoms with Crippen LogP contribution in [0.25, 0.3) is 21.8 Å². The van der Waals surface area contributed by atoms with E-state index in [1.165, 1.54) is 4.57 Å². The van der Waals surface area contributed by atoms with E-state index in [1.54, 1.807) is 44.7 Å². The first-order valence-corrected chi connectivity index (χ1v) is 10.4. The van der Waals surface area contributed by atoms with Gasteiger partial charge < -0.3 is 15.6 Å². The van der Waals surface area contributed by atoms with Gasteiger partial charge in [0.1, 0.15) is 5.82 Å². The number of hydrogen-bond acceptors (Lipinski definition) is 5. The van der Waals surface area contributed by atoms with Crippen LogP contribution in [0.5, 0.6) is 0 Å². The van der Waals surface area contributed by atoms with Gasteiger partial charge in [-0.1, -0.05) is 11.8 Å². The van der Waals surface area contributed by atoms with Crippen LogP contribution < -0.4 is 11.1 Å². The lowest BCUT2D eigenvalue weighted by atomic mass is 9.98. The highest BCUT2D eigenvalue weighted by molar-refractivity contribution is 5.97. The van der Waals surface area contributed by atoms with Crippen molar-refractivity contribution in [1.29, 1.82) is 0 Å². The van der Waals surface area contributed by atoms with Crippen molar-refractivity contribution < 1.29 is 13.6 Å². The number of aryl methyl sites for hydroxylation is 1. The number of primary amides is 1. The van der Waals surface area contributed by atoms with Crippen molar-refractivity contribution in [3.05, 3.63) is 59.3 Å². The zero-order chi connectivity index (χ0) is 23.3. The molecule has 0 saturated heterocycles. The van der Waals surface area contributed by atoms with Crippen LogP contribution in [0.2, 0.25) is 0 Å². The van der Waals surface area contributed by atoms with E-state index in [2.05, 4.69) is 32.1 Å². The normalized spacial score (nSPS) is 14.3. The molecule has 1 aliphatic rings. The molecule has 9 heteroatoms. The summed E-state index contributed by atoms with van der Waals surface area (Å²) in [7, 11) is 3.33. The van der Waals surface area contributed by atoms with Gasteiger partial charge in [-0.3, -0.25) is 9.78 Å². The standard InChI is InChI=1S/C24H20F2N6O/c1-28-21-16-12-29-19(24(7-8-24)23(27)33)10-15(16)14(11-30-21)5-3-13-4-6-17-18(9-13)32(2)22(31-17)20(25)26/h4,6,9-12,20H,7-8H2,1-2H3,(H2,27,33)(H,28,30). The summed E-state index contributed by atoms with van der Waals surface area (Å²) in [5.41, 5.74) is 7.93. The fraction of sp³-hybridized carbons (Fsp3) is 0.250. The predicted octanol–water partition coefficient (Wildman–Crippen LogP) is 3.41. The zero-order valence-corrected chi connectivity index (χ0v) is 18.0. The maximum atomic E-state index is 13.2. The highest BCUT2D eigenvalue weighted by atomic mass is 19.3. The van der Waals surface area contributed by atoms with Gasteiger partial charge in [0.15, 0.2) is 5.82 Å². The first kappa shape index (κ1) is 20.8. The Morgan fingerprint density at radius 1 is 1.18 bits per heavy atom. The molecule has 33 heavy (non-hydrogen) atoms. The molecule has 7 nitrogen and oxygen atoms in total. The van der Waals surface area contributed by atoms with E-state index in [9.17, 15) is 13.6 Å². The van der Waals surface area contributed by atoms with E-state index >= 15 is 0 Å². The number of rotatable bonds is 4. The van der Waals surface area contributed by atoms with Crippen LogP contribution in [0.15, 0.2) is 36.7 Å². The molecule has 0 radical (unpaired) electrons. The SMILES string of the molecule is CNc1ncc(C#Cc2ccc3nc(C(F)F)n(C)c3c2)c2cc(C3(C(N)=O)CC3)ncc12. The van der Waals surface area contributed by atoms with Crippen molar-refractivity contribution in [1.82, 2.24) is 19.5 Å². The number of fused-ring (bicyclic) bond motifs is 2. The topological polar surface area (TPSA) is 98.7 Å². The molecule has 0 unspecified atom stereocenters. The van der Waals surface area contributed by atoms with Crippen molar-refractivity contribution in [2.75, 3.05) is 12.4 Å². The van der Waals surface area contributed by atoms with Crippen LogP contribution in [0.3, 0.4) is 0 Å². The summed E-state index contributed by atoms with van der Waals surface area (Å²) in [6.45, 7) is 0. The van der Waals surface area contributed by atoms with Gasteiger partial charge in [-0.2, -0.15) is 0 Å². The number of nitrogens with two attached hydrogens (primary N) is 1. The highest BCUT2D eigenvalue weighted by Gasteiger charge is 2.51. The number of nitrogens with one attached hydrogen (secondary N) is 1. The van der Waals surface area contributed by atoms with E-state index in [4.69, 9.17) is 5.73 Å². The minimum atomic E-state index is -2.65. The van der Waals surface area contributed by atoms with E-state index in [0.29, 0.717) is 46.5 Å². The van der Waals surface area contributed by atoms with E-state index in [1.807, 2.05) is 6.07 Å². The second-order valence-electron chi connectivity index (χ2n) is 8.12. The molecule has 0 aliphatic heterocycles. The summed E-state index contributed by atoms with van der Waals surface area (Å²) in [6, 6.07) is 7.02. The number of nitrogens with zero attached hydrogens (tertiary/aromatic N) is 4. The Hall–Kier alpha value is -4.06. The molecule has 166 valence electrons. The smallest absolute Gasteiger partial charge is 0.295 e. The number of alkyl halides is 2. The molecule has 0 bridgehead atoms. The Morgan fingerprint density at radius 3 is 2.64 bits per heavy atom. The molecule has 3 aromatic heterocycles. The Labute approximate surface area is 188 Å². The van der Waals surface area contributed by atoms with Crippen LogP contribution in [-0.4, -0.2) is 32.5 Å². The second-order valence-corrected chi connectivity index (χ2v) is 8.12. The molecule has 4 aromatic rings. The fourth-order valence-electron chi connectivity index (χ4n) is 4.07. The molecular formula is C24H20F2N6O. The average molecular weight is 446 g/mol. The number of pyridine rings is 2. The molecule has 5 rings (SSSR count). The van der Waals surface area contributed by atoms with E-state index in [0.717, 1.165) is 10.8 Å². The van der Waals surface area contributed by atoms with Gasteiger partial charge in [0, 0.05) is 42.8 Å². The average Bonchev–Trinajstić information content (AvgIpc) is 3.56. The third-order valence-corrected chi connectivity index (χ3v) is 6.17. The van der Waals surface area contributed by atoms with Crippen LogP contribution in [0.4, 0.5) is 14.6 Å². The van der Waals surface area contributed by atoms with E-state index < -0.39 is 11.8 Å². The van der Waals surface area contributed by atoms with Crippen molar-refractivity contribution in [3.8, 4) is 11.8 Å². The first-order chi connectivity index (χ1) is 15.8. The summed E-state index contributed by atoms with van der Waals surface area (Å²) < 4.78 is 27.7. The third-order valence-electron chi connectivity index (χ3n) is 6.17. The minimum absolute atomic E-state index is 0.281. The number of benzene rings is 1. The van der Waals surface area contributed by atoms with Crippen molar-refractivity contribution in [2.24, 2.45) is 12.8 Å². The number of hydrogen-bond donors (Lipinski definition) is 2. The van der Waals surface area contributed by atoms with Crippen LogP contribution in [-0.2, 0) is 17.3 Å². The lowest BCUT2D eigenvalue weighted by Crippen LogP contribution is -2.29. The first-order valence-electron chi connectivity index (χ1n) is 10.4. The maximum absolute atomic E-state index is 13.2. The number of amides is 1. The molecular weight excluding hydrogens is 426 g/mol. The summed E-state index contributed by atoms with van der Waals surface area (Å²) in [5.74, 6) is 6.22. The molecule has 3 N–H and O–H groups in total. The number of carbonyl (C=O) groups is 1. The number of carbonyl (C=O) groups excluding carboxylic acids is 1. The summed E-state index contributed by atoms with van der Waals surface area (Å²) in [4.78, 5) is 24.9. The summed E-state index contributed by atoms with van der Waals surface area (Å²) in [5, 5.41) is 4.62. The summed E-state index contributed by atoms with van der Waals surface area (Å²) in [6.07, 6.45) is 2.05. The van der Waals surface area contributed by atoms with Gasteiger partial charge in [0.25, 0.3) is 6.43 Å². The lowest BCUT2D eigenvalue weighted by Gasteiger charge is -2.13. The van der Waals surface area contributed by atoms with Gasteiger partial charge in [-0.05, 0) is 37.1 Å². The molecule has 1 fully saturated rings. The molecule has 0 atom stereocenters. The molecule has 0 spiro atoms. The van der Waals surface area contributed by atoms with Crippen molar-refractivity contribution in [3.63, 3.8) is 0 Å². The molecule has 1 saturated carbocycles. The molecule has 1 aromatic carbocycles. The molecule has 1 amide bonds. The van der Waals surface area contributed by atoms with Gasteiger partial charge in [-0.15, -0.1) is 0 Å². The monoisotopic (exact) mass is 446 g/mol. The van der Waals surface area contributed by atoms with Gasteiger partial charge in [0.2, 0.25) is 5.91 Å². The Bertz CT molecular complexity index is 1490. The zero-order valence-electron chi connectivity index (χ0n) is 18.0. The Morgan fingerprint density at radius 2 is 1.97 bits per heavy atom. The number of anilines is 1. The van der Waals surface area contributed by atoms with Gasteiger partial charge in [0.05, 0.1) is 27.7 Å². The largest absolute Gasteiger partial charge is 0.373 e. The summed E-state index contributed by atoms with van der Waals surface area (Å²) >= 11 is 0. The van der Waals surface area contributed by atoms with Gasteiger partial charge >= 0.3 is 0 Å². The van der Waals surface area contributed by atoms with Crippen LogP contribution in [0.1, 0.15) is 41.9 Å². The molecule has 3 heterocycles. The van der Waals surface area contributed by atoms with Gasteiger partial charge in [-0.25, -0.2) is 18.7 Å². The van der Waals surface area contributed by atoms with E-state index in [-0.39, 0.29) is 11.7 Å². The van der Waals surface area contributed by atoms with Crippen molar-refractivity contribution >= 4 is 33.5 Å². The maximum Gasteiger partial charge on any atom is 0.295 e. The van der Waals surface area contributed by atoms with Crippen molar-refractivity contribution in [2.45, 2.75) is 24.7 Å². The fourth-order valence-corrected chi connectivity index (χ4v) is 4.07. The molecule has 1 aliphatic carbocycles. The quantitative estimate of drug-likeness (QED) is 0.468. The van der Waals surface area contributed by atoms with Crippen LogP contribution in [0, 0.1) is 11.8 Å². The third kappa shape index (κ3) is 3.35. The Balaban J connectivity index is 1.61. The Kier molecular flexibility index (Phi) is 4.74.